The smallest absolute Gasteiger partial charge is 0.250 e. The Morgan fingerprint density at radius 2 is 1.85 bits per heavy atom. The number of hydrogen-bond donors (Lipinski definition) is 1. The van der Waals surface area contributed by atoms with Crippen LogP contribution in [0.4, 0.5) is 4.39 Å². The number of amides is 2. The summed E-state index contributed by atoms with van der Waals surface area (Å²) in [6, 6.07) is 6.21. The zero-order valence-electron chi connectivity index (χ0n) is 15.3. The second kappa shape index (κ2) is 8.47. The first-order valence-electron chi connectivity index (χ1n) is 9.60. The number of likely N-dealkylation sites (tertiary alicyclic amines) is 1. The van der Waals surface area contributed by atoms with E-state index in [4.69, 9.17) is 0 Å². The van der Waals surface area contributed by atoms with E-state index in [1.807, 2.05) is 0 Å². The highest BCUT2D eigenvalue weighted by atomic mass is 19.1. The molecule has 1 saturated heterocycles. The molecule has 4 nitrogen and oxygen atoms in total. The molecule has 0 unspecified atom stereocenters. The van der Waals surface area contributed by atoms with Crippen molar-refractivity contribution in [2.24, 2.45) is 0 Å². The van der Waals surface area contributed by atoms with E-state index in [0.29, 0.717) is 24.1 Å². The first-order valence-corrected chi connectivity index (χ1v) is 9.60. The van der Waals surface area contributed by atoms with Crippen molar-refractivity contribution in [2.45, 2.75) is 64.0 Å². The average Bonchev–Trinajstić information content (AvgIpc) is 3.13. The maximum absolute atomic E-state index is 13.8. The van der Waals surface area contributed by atoms with Gasteiger partial charge in [-0.05, 0) is 44.7 Å². The molecule has 2 fully saturated rings. The summed E-state index contributed by atoms with van der Waals surface area (Å²) in [7, 11) is 0. The Kier molecular flexibility index (Phi) is 6.07. The summed E-state index contributed by atoms with van der Waals surface area (Å²) in [6.45, 7) is 2.26. The van der Waals surface area contributed by atoms with E-state index in [-0.39, 0.29) is 23.7 Å². The Morgan fingerprint density at radius 3 is 2.58 bits per heavy atom. The second-order valence-electron chi connectivity index (χ2n) is 7.35. The van der Waals surface area contributed by atoms with E-state index < -0.39 is 6.04 Å². The van der Waals surface area contributed by atoms with Crippen LogP contribution in [-0.4, -0.2) is 35.3 Å². The molecule has 1 aliphatic carbocycles. The number of hydrogen-bond acceptors (Lipinski definition) is 2. The molecule has 0 aromatic heterocycles. The van der Waals surface area contributed by atoms with Crippen LogP contribution in [0.25, 0.3) is 6.08 Å². The SMILES string of the molecule is C/C(=C\c1ccccc1F)C(=O)N1CCC[C@@H]1C(=O)NC1CCCCC1. The molecule has 1 saturated carbocycles. The first kappa shape index (κ1) is 18.6. The minimum Gasteiger partial charge on any atom is -0.352 e. The van der Waals surface area contributed by atoms with E-state index in [9.17, 15) is 14.0 Å². The van der Waals surface area contributed by atoms with Gasteiger partial charge in [0.25, 0.3) is 0 Å². The van der Waals surface area contributed by atoms with Crippen molar-refractivity contribution in [3.63, 3.8) is 0 Å². The zero-order valence-corrected chi connectivity index (χ0v) is 15.3. The number of benzene rings is 1. The van der Waals surface area contributed by atoms with Crippen molar-refractivity contribution in [3.05, 3.63) is 41.2 Å². The quantitative estimate of drug-likeness (QED) is 0.835. The lowest BCUT2D eigenvalue weighted by Crippen LogP contribution is -2.49. The van der Waals surface area contributed by atoms with Gasteiger partial charge < -0.3 is 10.2 Å². The number of carbonyl (C=O) groups is 2. The highest BCUT2D eigenvalue weighted by Gasteiger charge is 2.35. The van der Waals surface area contributed by atoms with E-state index in [1.54, 1.807) is 36.1 Å². The van der Waals surface area contributed by atoms with Gasteiger partial charge in [0.1, 0.15) is 11.9 Å². The third-order valence-corrected chi connectivity index (χ3v) is 5.38. The van der Waals surface area contributed by atoms with Gasteiger partial charge in [0.05, 0.1) is 0 Å². The van der Waals surface area contributed by atoms with E-state index >= 15 is 0 Å². The van der Waals surface area contributed by atoms with Crippen LogP contribution in [-0.2, 0) is 9.59 Å². The summed E-state index contributed by atoms with van der Waals surface area (Å²) >= 11 is 0. The third-order valence-electron chi connectivity index (χ3n) is 5.38. The topological polar surface area (TPSA) is 49.4 Å². The second-order valence-corrected chi connectivity index (χ2v) is 7.35. The van der Waals surface area contributed by atoms with Crippen molar-refractivity contribution in [2.75, 3.05) is 6.54 Å². The highest BCUT2D eigenvalue weighted by molar-refractivity contribution is 6.00. The first-order chi connectivity index (χ1) is 12.6. The van der Waals surface area contributed by atoms with E-state index in [2.05, 4.69) is 5.32 Å². The molecular weight excluding hydrogens is 331 g/mol. The lowest BCUT2D eigenvalue weighted by molar-refractivity contribution is -0.136. The van der Waals surface area contributed by atoms with Crippen molar-refractivity contribution in [1.82, 2.24) is 10.2 Å². The van der Waals surface area contributed by atoms with Crippen LogP contribution in [0, 0.1) is 5.82 Å². The molecule has 1 N–H and O–H groups in total. The van der Waals surface area contributed by atoms with Crippen LogP contribution in [0.5, 0.6) is 0 Å². The van der Waals surface area contributed by atoms with Gasteiger partial charge in [0.15, 0.2) is 0 Å². The molecule has 1 aromatic carbocycles. The number of halogens is 1. The Bertz CT molecular complexity index is 695. The maximum Gasteiger partial charge on any atom is 0.250 e. The van der Waals surface area contributed by atoms with Crippen LogP contribution in [0.1, 0.15) is 57.4 Å². The Labute approximate surface area is 154 Å². The summed E-state index contributed by atoms with van der Waals surface area (Å²) in [4.78, 5) is 27.1. The summed E-state index contributed by atoms with van der Waals surface area (Å²) in [6.07, 6.45) is 8.67. The summed E-state index contributed by atoms with van der Waals surface area (Å²) < 4.78 is 13.8. The predicted molar refractivity (Wildman–Crippen MR) is 99.8 cm³/mol. The normalized spacial score (nSPS) is 21.7. The Balaban J connectivity index is 1.67. The van der Waals surface area contributed by atoms with Crippen LogP contribution >= 0.6 is 0 Å². The van der Waals surface area contributed by atoms with Crippen molar-refractivity contribution >= 4 is 17.9 Å². The molecule has 1 heterocycles. The van der Waals surface area contributed by atoms with E-state index in [1.165, 1.54) is 12.5 Å². The molecule has 0 radical (unpaired) electrons. The van der Waals surface area contributed by atoms with Crippen LogP contribution in [0.15, 0.2) is 29.8 Å². The number of nitrogens with one attached hydrogen (secondary N) is 1. The van der Waals surface area contributed by atoms with Crippen molar-refractivity contribution in [3.8, 4) is 0 Å². The fraction of sp³-hybridized carbons (Fsp3) is 0.524. The van der Waals surface area contributed by atoms with Gasteiger partial charge in [0.2, 0.25) is 11.8 Å². The third kappa shape index (κ3) is 4.32. The largest absolute Gasteiger partial charge is 0.352 e. The minimum absolute atomic E-state index is 0.0403. The molecule has 3 rings (SSSR count). The molecule has 2 amide bonds. The maximum atomic E-state index is 13.8. The molecule has 1 aliphatic heterocycles. The molecule has 26 heavy (non-hydrogen) atoms. The number of nitrogens with zero attached hydrogens (tertiary/aromatic N) is 1. The molecule has 5 heteroatoms. The molecule has 1 atom stereocenters. The van der Waals surface area contributed by atoms with Gasteiger partial charge in [0, 0.05) is 23.7 Å². The van der Waals surface area contributed by atoms with Crippen molar-refractivity contribution in [1.29, 1.82) is 0 Å². The van der Waals surface area contributed by atoms with Crippen LogP contribution in [0.2, 0.25) is 0 Å². The lowest BCUT2D eigenvalue weighted by atomic mass is 9.95. The summed E-state index contributed by atoms with van der Waals surface area (Å²) in [5.74, 6) is -0.580. The van der Waals surface area contributed by atoms with Gasteiger partial charge in [-0.2, -0.15) is 0 Å². The van der Waals surface area contributed by atoms with Gasteiger partial charge in [-0.3, -0.25) is 9.59 Å². The predicted octanol–water partition coefficient (Wildman–Crippen LogP) is 3.67. The van der Waals surface area contributed by atoms with Crippen LogP contribution < -0.4 is 5.32 Å². The number of rotatable bonds is 4. The van der Waals surface area contributed by atoms with Gasteiger partial charge in [-0.15, -0.1) is 0 Å². The summed E-state index contributed by atoms with van der Waals surface area (Å²) in [5.41, 5.74) is 0.841. The van der Waals surface area contributed by atoms with Crippen molar-refractivity contribution < 1.29 is 14.0 Å². The molecule has 1 aromatic rings. The Morgan fingerprint density at radius 1 is 1.12 bits per heavy atom. The highest BCUT2D eigenvalue weighted by Crippen LogP contribution is 2.23. The average molecular weight is 358 g/mol. The van der Waals surface area contributed by atoms with E-state index in [0.717, 1.165) is 32.1 Å². The fourth-order valence-corrected chi connectivity index (χ4v) is 3.94. The van der Waals surface area contributed by atoms with Gasteiger partial charge in [-0.1, -0.05) is 37.5 Å². The lowest BCUT2D eigenvalue weighted by Gasteiger charge is -2.28. The minimum atomic E-state index is -0.409. The summed E-state index contributed by atoms with van der Waals surface area (Å²) in [5, 5.41) is 3.13. The molecule has 2 aliphatic rings. The molecule has 0 spiro atoms. The molecule has 140 valence electrons. The van der Waals surface area contributed by atoms with Gasteiger partial charge >= 0.3 is 0 Å². The monoisotopic (exact) mass is 358 g/mol. The fourth-order valence-electron chi connectivity index (χ4n) is 3.94. The zero-order chi connectivity index (χ0) is 18.5. The number of carbonyl (C=O) groups excluding carboxylic acids is 2. The molecular formula is C21H27FN2O2. The van der Waals surface area contributed by atoms with Crippen LogP contribution in [0.3, 0.4) is 0 Å². The van der Waals surface area contributed by atoms with Gasteiger partial charge in [-0.25, -0.2) is 4.39 Å². The Hall–Kier alpha value is -2.17. The molecule has 0 bridgehead atoms. The standard InChI is InChI=1S/C21H27FN2O2/c1-15(14-16-8-5-6-11-18(16)22)21(26)24-13-7-12-19(24)20(25)23-17-9-3-2-4-10-17/h5-6,8,11,14,17,19H,2-4,7,9-10,12-13H2,1H3,(H,23,25)/b15-14+/t19-/m1/s1.